The molecule has 0 fully saturated rings. The van der Waals surface area contributed by atoms with Gasteiger partial charge in [0.25, 0.3) is 0 Å². The van der Waals surface area contributed by atoms with Crippen molar-refractivity contribution in [1.82, 2.24) is 0 Å². The largest absolute Gasteiger partial charge is 0.465 e. The Balaban J connectivity index is 5.55. The Morgan fingerprint density at radius 2 is 1.85 bits per heavy atom. The Bertz CT molecular complexity index is 472. The minimum absolute atomic E-state index is 0.116. The highest BCUT2D eigenvalue weighted by Gasteiger charge is 2.09. The van der Waals surface area contributed by atoms with Crippen LogP contribution in [0.25, 0.3) is 0 Å². The van der Waals surface area contributed by atoms with Gasteiger partial charge in [0.05, 0.1) is 12.7 Å². The van der Waals surface area contributed by atoms with Crippen LogP contribution in [0.1, 0.15) is 13.8 Å². The molecule has 0 heterocycles. The van der Waals surface area contributed by atoms with Crippen LogP contribution in [0.3, 0.4) is 0 Å². The molecule has 0 N–H and O–H groups in total. The molecule has 0 aliphatic carbocycles. The number of rotatable bonds is 7. The van der Waals surface area contributed by atoms with Crippen molar-refractivity contribution in [2.45, 2.75) is 20.5 Å². The lowest BCUT2D eigenvalue weighted by Crippen LogP contribution is -2.03. The Hall–Kier alpha value is -2.17. The quantitative estimate of drug-likeness (QED) is 0.308. The molecule has 0 aromatic carbocycles. The number of methoxy groups -OCH3 is 1. The summed E-state index contributed by atoms with van der Waals surface area (Å²) in [5.74, 6) is -0.649. The summed E-state index contributed by atoms with van der Waals surface area (Å²) in [6.45, 7) is 7.50. The Morgan fingerprint density at radius 1 is 1.25 bits per heavy atom. The number of ether oxygens (including phenoxy) is 2. The second-order valence-electron chi connectivity index (χ2n) is 3.74. The van der Waals surface area contributed by atoms with Gasteiger partial charge in [0.15, 0.2) is 0 Å². The van der Waals surface area contributed by atoms with Crippen molar-refractivity contribution in [3.05, 3.63) is 59.9 Å². The first-order chi connectivity index (χ1) is 9.35. The lowest BCUT2D eigenvalue weighted by atomic mass is 10.0. The van der Waals surface area contributed by atoms with Gasteiger partial charge in [-0.15, -0.1) is 0 Å². The van der Waals surface area contributed by atoms with Crippen LogP contribution in [0.2, 0.25) is 0 Å². The van der Waals surface area contributed by atoms with E-state index in [-0.39, 0.29) is 11.3 Å². The summed E-state index contributed by atoms with van der Waals surface area (Å²) in [4.78, 5) is 11.5. The summed E-state index contributed by atoms with van der Waals surface area (Å²) in [5, 5.41) is 0. The number of esters is 1. The van der Waals surface area contributed by atoms with E-state index in [4.69, 9.17) is 0 Å². The molecule has 5 heteroatoms. The van der Waals surface area contributed by atoms with Crippen molar-refractivity contribution in [2.24, 2.45) is 0 Å². The van der Waals surface area contributed by atoms with Gasteiger partial charge < -0.3 is 9.47 Å². The van der Waals surface area contributed by atoms with Gasteiger partial charge >= 0.3 is 12.6 Å². The fourth-order valence-corrected chi connectivity index (χ4v) is 1.23. The third-order valence-electron chi connectivity index (χ3n) is 2.26. The standard InChI is InChI=1S/C15H18F2O3/c1-6-11(14(18)19-5)8-12(10(3)4)9-13(7-2)20-15(16)17/h6-9,15H,2-3H2,1,4-5H3/b11-6+,12-8-,13-9+. The highest BCUT2D eigenvalue weighted by atomic mass is 19.3. The number of alkyl halides is 2. The molecule has 0 amide bonds. The van der Waals surface area contributed by atoms with Crippen LogP contribution in [0.4, 0.5) is 8.78 Å². The molecule has 0 radical (unpaired) electrons. The first kappa shape index (κ1) is 17.8. The van der Waals surface area contributed by atoms with Gasteiger partial charge in [-0.3, -0.25) is 0 Å². The first-order valence-corrected chi connectivity index (χ1v) is 5.76. The second-order valence-corrected chi connectivity index (χ2v) is 3.74. The summed E-state index contributed by atoms with van der Waals surface area (Å²) < 4.78 is 33.3. The topological polar surface area (TPSA) is 35.5 Å². The molecule has 110 valence electrons. The molecule has 0 rings (SSSR count). The summed E-state index contributed by atoms with van der Waals surface area (Å²) in [6.07, 6.45) is 5.50. The highest BCUT2D eigenvalue weighted by Crippen LogP contribution is 2.17. The molecular formula is C15H18F2O3. The molecule has 0 aromatic rings. The predicted octanol–water partition coefficient (Wildman–Crippen LogP) is 3.92. The predicted molar refractivity (Wildman–Crippen MR) is 74.0 cm³/mol. The van der Waals surface area contributed by atoms with E-state index in [0.29, 0.717) is 11.1 Å². The highest BCUT2D eigenvalue weighted by molar-refractivity contribution is 5.91. The molecular weight excluding hydrogens is 266 g/mol. The molecule has 0 unspecified atom stereocenters. The fourth-order valence-electron chi connectivity index (χ4n) is 1.23. The van der Waals surface area contributed by atoms with Crippen molar-refractivity contribution in [2.75, 3.05) is 7.11 Å². The van der Waals surface area contributed by atoms with Crippen molar-refractivity contribution >= 4 is 5.97 Å². The van der Waals surface area contributed by atoms with E-state index in [2.05, 4.69) is 22.6 Å². The van der Waals surface area contributed by atoms with E-state index in [1.54, 1.807) is 19.9 Å². The van der Waals surface area contributed by atoms with E-state index in [1.165, 1.54) is 19.3 Å². The van der Waals surface area contributed by atoms with Crippen molar-refractivity contribution in [1.29, 1.82) is 0 Å². The molecule has 0 bridgehead atoms. The molecule has 0 saturated heterocycles. The van der Waals surface area contributed by atoms with Gasteiger partial charge in [0.1, 0.15) is 5.76 Å². The van der Waals surface area contributed by atoms with Gasteiger partial charge in [-0.2, -0.15) is 8.78 Å². The number of carbonyl (C=O) groups is 1. The van der Waals surface area contributed by atoms with E-state index in [1.807, 2.05) is 0 Å². The first-order valence-electron chi connectivity index (χ1n) is 5.76. The molecule has 0 aromatic heterocycles. The number of allylic oxidation sites excluding steroid dienone is 5. The summed E-state index contributed by atoms with van der Waals surface area (Å²) in [5.41, 5.74) is 1.31. The van der Waals surface area contributed by atoms with E-state index < -0.39 is 12.6 Å². The number of hydrogen-bond donors (Lipinski definition) is 0. The van der Waals surface area contributed by atoms with Crippen LogP contribution in [-0.2, 0) is 14.3 Å². The summed E-state index contributed by atoms with van der Waals surface area (Å²) >= 11 is 0. The van der Waals surface area contributed by atoms with Gasteiger partial charge in [-0.05, 0) is 37.6 Å². The monoisotopic (exact) mass is 284 g/mol. The number of carbonyl (C=O) groups excluding carboxylic acids is 1. The smallest absolute Gasteiger partial charge is 0.387 e. The maximum atomic E-state index is 12.2. The van der Waals surface area contributed by atoms with Crippen molar-refractivity contribution in [3.63, 3.8) is 0 Å². The lowest BCUT2D eigenvalue weighted by molar-refractivity contribution is -0.135. The van der Waals surface area contributed by atoms with Gasteiger partial charge in [-0.25, -0.2) is 4.79 Å². The molecule has 0 spiro atoms. The van der Waals surface area contributed by atoms with E-state index in [0.717, 1.165) is 6.08 Å². The van der Waals surface area contributed by atoms with Crippen LogP contribution in [0.5, 0.6) is 0 Å². The molecule has 0 atom stereocenters. The molecule has 20 heavy (non-hydrogen) atoms. The van der Waals surface area contributed by atoms with Gasteiger partial charge in [0.2, 0.25) is 0 Å². The number of halogens is 2. The summed E-state index contributed by atoms with van der Waals surface area (Å²) in [7, 11) is 1.25. The maximum Gasteiger partial charge on any atom is 0.387 e. The normalized spacial score (nSPS) is 13.2. The van der Waals surface area contributed by atoms with Crippen LogP contribution in [0.15, 0.2) is 59.9 Å². The Kier molecular flexibility index (Phi) is 7.89. The third-order valence-corrected chi connectivity index (χ3v) is 2.26. The fraction of sp³-hybridized carbons (Fsp3) is 0.267. The minimum atomic E-state index is -2.95. The summed E-state index contributed by atoms with van der Waals surface area (Å²) in [6, 6.07) is 0. The van der Waals surface area contributed by atoms with Crippen LogP contribution >= 0.6 is 0 Å². The SMILES string of the molecule is C=C\C(=C/C(=C/C(=C\C)C(=O)OC)C(=C)C)OC(F)F. The van der Waals surface area contributed by atoms with E-state index >= 15 is 0 Å². The second kappa shape index (κ2) is 8.85. The van der Waals surface area contributed by atoms with Crippen molar-refractivity contribution in [3.8, 4) is 0 Å². The zero-order valence-corrected chi connectivity index (χ0v) is 11.8. The van der Waals surface area contributed by atoms with E-state index in [9.17, 15) is 13.6 Å². The van der Waals surface area contributed by atoms with Gasteiger partial charge in [-0.1, -0.05) is 24.8 Å². The number of hydrogen-bond acceptors (Lipinski definition) is 3. The minimum Gasteiger partial charge on any atom is -0.465 e. The van der Waals surface area contributed by atoms with Gasteiger partial charge in [0, 0.05) is 0 Å². The van der Waals surface area contributed by atoms with Crippen LogP contribution in [0, 0.1) is 0 Å². The Morgan fingerprint density at radius 3 is 2.20 bits per heavy atom. The average Bonchev–Trinajstić information content (AvgIpc) is 2.40. The molecule has 3 nitrogen and oxygen atoms in total. The molecule has 0 saturated carbocycles. The van der Waals surface area contributed by atoms with Crippen molar-refractivity contribution < 1.29 is 23.0 Å². The average molecular weight is 284 g/mol. The zero-order chi connectivity index (χ0) is 15.7. The third kappa shape index (κ3) is 6.13. The maximum absolute atomic E-state index is 12.2. The zero-order valence-electron chi connectivity index (χ0n) is 11.8. The Labute approximate surface area is 117 Å². The van der Waals surface area contributed by atoms with Crippen LogP contribution in [-0.4, -0.2) is 19.7 Å². The molecule has 0 aliphatic rings. The molecule has 0 aliphatic heterocycles. The lowest BCUT2D eigenvalue weighted by Gasteiger charge is -2.08. The van der Waals surface area contributed by atoms with Crippen LogP contribution < -0.4 is 0 Å².